The van der Waals surface area contributed by atoms with Crippen molar-refractivity contribution in [2.24, 2.45) is 0 Å². The van der Waals surface area contributed by atoms with E-state index < -0.39 is 13.8 Å². The van der Waals surface area contributed by atoms with Gasteiger partial charge in [-0.2, -0.15) is 0 Å². The summed E-state index contributed by atoms with van der Waals surface area (Å²) in [6, 6.07) is 0. The van der Waals surface area contributed by atoms with E-state index in [2.05, 4.69) is 9.05 Å². The molecule has 76 valence electrons. The van der Waals surface area contributed by atoms with Gasteiger partial charge in [0.15, 0.2) is 0 Å². The van der Waals surface area contributed by atoms with Gasteiger partial charge < -0.3 is 34.8 Å². The molecule has 0 saturated carbocycles. The summed E-state index contributed by atoms with van der Waals surface area (Å²) in [5, 5.41) is 0. The molecule has 8 heteroatoms. The van der Waals surface area contributed by atoms with Gasteiger partial charge in [-0.3, -0.25) is 4.57 Å². The standard InChI is InChI=1S/C5H10F2O3P.BrH.Zn/c1-3-9-11(8,5(6)7)10-4-2;;/h3-4H2,1-2H3;1H;/q-1;;+2/p-1. The van der Waals surface area contributed by atoms with Crippen LogP contribution in [0.25, 0.3) is 0 Å². The Morgan fingerprint density at radius 1 is 1.23 bits per heavy atom. The monoisotopic (exact) mass is 330 g/mol. The molecule has 0 N–H and O–H groups in total. The number of hydrogen-bond donors (Lipinski definition) is 0. The molecule has 0 unspecified atom stereocenters. The fourth-order valence-electron chi connectivity index (χ4n) is 0.475. The largest absolute Gasteiger partial charge is 2.00 e. The van der Waals surface area contributed by atoms with Gasteiger partial charge in [-0.05, 0) is 13.8 Å². The first-order valence-electron chi connectivity index (χ1n) is 3.14. The van der Waals surface area contributed by atoms with Crippen LogP contribution in [0.5, 0.6) is 0 Å². The first kappa shape index (κ1) is 19.7. The first-order valence-corrected chi connectivity index (χ1v) is 4.68. The second-order valence-corrected chi connectivity index (χ2v) is 3.42. The van der Waals surface area contributed by atoms with Crippen molar-refractivity contribution in [1.29, 1.82) is 0 Å². The minimum absolute atomic E-state index is 0. The van der Waals surface area contributed by atoms with Gasteiger partial charge in [-0.1, -0.05) is 0 Å². The van der Waals surface area contributed by atoms with Crippen LogP contribution in [0.15, 0.2) is 0 Å². The maximum Gasteiger partial charge on any atom is 2.00 e. The van der Waals surface area contributed by atoms with E-state index in [1.807, 2.05) is 0 Å². The van der Waals surface area contributed by atoms with Gasteiger partial charge in [0.2, 0.25) is 7.60 Å². The molecule has 0 bridgehead atoms. The van der Waals surface area contributed by atoms with E-state index in [9.17, 15) is 13.3 Å². The molecule has 0 aromatic heterocycles. The Morgan fingerprint density at radius 2 is 1.54 bits per heavy atom. The third kappa shape index (κ3) is 7.09. The van der Waals surface area contributed by atoms with Gasteiger partial charge in [0.1, 0.15) is 6.17 Å². The van der Waals surface area contributed by atoms with Crippen LogP contribution in [0.1, 0.15) is 13.8 Å². The zero-order valence-electron chi connectivity index (χ0n) is 7.43. The first-order chi connectivity index (χ1) is 5.06. The molecule has 0 spiro atoms. The number of rotatable bonds is 5. The minimum Gasteiger partial charge on any atom is -1.00 e. The van der Waals surface area contributed by atoms with E-state index in [4.69, 9.17) is 0 Å². The Morgan fingerprint density at radius 3 is 1.69 bits per heavy atom. The molecule has 0 aromatic carbocycles. The molecular weight excluding hydrogens is 322 g/mol. The summed E-state index contributed by atoms with van der Waals surface area (Å²) in [5.41, 5.74) is 0. The molecule has 0 atom stereocenters. The van der Waals surface area contributed by atoms with Crippen molar-refractivity contribution in [3.63, 3.8) is 0 Å². The van der Waals surface area contributed by atoms with Crippen LogP contribution >= 0.6 is 7.60 Å². The number of halogens is 3. The van der Waals surface area contributed by atoms with Crippen LogP contribution in [0.4, 0.5) is 8.78 Å². The van der Waals surface area contributed by atoms with Gasteiger partial charge in [0.05, 0.1) is 13.2 Å². The summed E-state index contributed by atoms with van der Waals surface area (Å²) in [4.78, 5) is 0. The van der Waals surface area contributed by atoms with Crippen molar-refractivity contribution >= 4 is 7.60 Å². The van der Waals surface area contributed by atoms with Gasteiger partial charge in [0, 0.05) is 0 Å². The van der Waals surface area contributed by atoms with E-state index in [-0.39, 0.29) is 49.7 Å². The van der Waals surface area contributed by atoms with Gasteiger partial charge in [-0.25, -0.2) is 0 Å². The van der Waals surface area contributed by atoms with Crippen LogP contribution in [-0.2, 0) is 33.1 Å². The minimum atomic E-state index is -4.21. The molecule has 13 heavy (non-hydrogen) atoms. The van der Waals surface area contributed by atoms with Gasteiger partial charge in [0.25, 0.3) is 0 Å². The molecule has 0 aliphatic carbocycles. The van der Waals surface area contributed by atoms with Crippen molar-refractivity contribution in [2.75, 3.05) is 13.2 Å². The van der Waals surface area contributed by atoms with E-state index in [0.29, 0.717) is 0 Å². The smallest absolute Gasteiger partial charge is 1.00 e. The molecule has 0 fully saturated rings. The quantitative estimate of drug-likeness (QED) is 0.392. The Labute approximate surface area is 99.6 Å². The fourth-order valence-corrected chi connectivity index (χ4v) is 1.42. The second kappa shape index (κ2) is 9.66. The van der Waals surface area contributed by atoms with E-state index in [0.717, 1.165) is 0 Å². The van der Waals surface area contributed by atoms with Crippen LogP contribution < -0.4 is 17.0 Å². The molecule has 0 radical (unpaired) electrons. The normalized spacial score (nSPS) is 10.5. The molecule has 0 aromatic rings. The van der Waals surface area contributed by atoms with Crippen LogP contribution in [0.2, 0.25) is 0 Å². The molecule has 0 amide bonds. The molecular formula is C5H10BrF2O3PZn. The average Bonchev–Trinajstić information content (AvgIpc) is 1.88. The molecule has 0 aliphatic rings. The van der Waals surface area contributed by atoms with Crippen LogP contribution in [0, 0.1) is 6.17 Å². The SMILES string of the molecule is CCOP(=O)(OCC)[C-](F)F.[Br-].[Zn+2]. The van der Waals surface area contributed by atoms with Crippen molar-refractivity contribution in [1.82, 2.24) is 0 Å². The predicted octanol–water partition coefficient (Wildman–Crippen LogP) is -0.360. The van der Waals surface area contributed by atoms with E-state index in [1.165, 1.54) is 13.8 Å². The maximum absolute atomic E-state index is 11.9. The summed E-state index contributed by atoms with van der Waals surface area (Å²) in [6.07, 6.45) is -2.29. The molecule has 0 rings (SSSR count). The van der Waals surface area contributed by atoms with Crippen LogP contribution in [0.3, 0.4) is 0 Å². The summed E-state index contributed by atoms with van der Waals surface area (Å²) in [7, 11) is -4.21. The zero-order chi connectivity index (χ0) is 8.91. The summed E-state index contributed by atoms with van der Waals surface area (Å²) in [5.74, 6) is 0. The van der Waals surface area contributed by atoms with E-state index >= 15 is 0 Å². The molecule has 0 saturated heterocycles. The van der Waals surface area contributed by atoms with Crippen molar-refractivity contribution in [2.45, 2.75) is 13.8 Å². The van der Waals surface area contributed by atoms with E-state index in [1.54, 1.807) is 0 Å². The van der Waals surface area contributed by atoms with Crippen molar-refractivity contribution in [3.8, 4) is 0 Å². The summed E-state index contributed by atoms with van der Waals surface area (Å²) in [6.45, 7) is 2.81. The number of hydrogen-bond acceptors (Lipinski definition) is 3. The molecule has 3 nitrogen and oxygen atoms in total. The fraction of sp³-hybridized carbons (Fsp3) is 0.800. The Bertz CT molecular complexity index is 151. The third-order valence-electron chi connectivity index (χ3n) is 0.805. The van der Waals surface area contributed by atoms with Gasteiger partial charge in [-0.15, -0.1) is 0 Å². The molecule has 0 heterocycles. The second-order valence-electron chi connectivity index (χ2n) is 1.57. The van der Waals surface area contributed by atoms with Crippen molar-refractivity contribution in [3.05, 3.63) is 6.17 Å². The maximum atomic E-state index is 11.9. The summed E-state index contributed by atoms with van der Waals surface area (Å²) >= 11 is 0. The van der Waals surface area contributed by atoms with Crippen LogP contribution in [-0.4, -0.2) is 13.2 Å². The van der Waals surface area contributed by atoms with Crippen molar-refractivity contribution < 1.29 is 58.9 Å². The Kier molecular flexibility index (Phi) is 14.6. The van der Waals surface area contributed by atoms with Gasteiger partial charge >= 0.3 is 19.5 Å². The zero-order valence-corrected chi connectivity index (χ0v) is 12.9. The summed E-state index contributed by atoms with van der Waals surface area (Å²) < 4.78 is 43.2. The Hall–Kier alpha value is 1.11. The molecule has 0 aliphatic heterocycles. The third-order valence-corrected chi connectivity index (χ3v) is 2.42. The Balaban J connectivity index is -0.000000500. The average molecular weight is 332 g/mol. The topological polar surface area (TPSA) is 35.5 Å². The predicted molar refractivity (Wildman–Crippen MR) is 36.3 cm³/mol.